The zero-order valence-electron chi connectivity index (χ0n) is 6.41. The highest BCUT2D eigenvalue weighted by Crippen LogP contribution is 2.24. The summed E-state index contributed by atoms with van der Waals surface area (Å²) in [6.07, 6.45) is 1.97. The molecule has 4 nitrogen and oxygen atoms in total. The fraction of sp³-hybridized carbons (Fsp3) is 0.286. The Balaban J connectivity index is 2.55. The summed E-state index contributed by atoms with van der Waals surface area (Å²) in [6.45, 7) is 0. The molecule has 1 amide bonds. The predicted molar refractivity (Wildman–Crippen MR) is 44.2 cm³/mol. The molecule has 1 aromatic rings. The Kier molecular flexibility index (Phi) is 1.51. The number of carbonyl (C=O) groups is 1. The molecule has 0 unspecified atom stereocenters. The lowest BCUT2D eigenvalue weighted by Crippen LogP contribution is -2.21. The first-order valence-electron chi connectivity index (χ1n) is 3.46. The molecular weight excluding hydrogens is 178 g/mol. The van der Waals surface area contributed by atoms with E-state index in [4.69, 9.17) is 11.6 Å². The number of carbonyl (C=O) groups excluding carboxylic acids is 1. The van der Waals surface area contributed by atoms with Crippen molar-refractivity contribution in [1.82, 2.24) is 9.97 Å². The smallest absolute Gasteiger partial charge is 0.232 e. The molecule has 1 aliphatic heterocycles. The van der Waals surface area contributed by atoms with E-state index in [9.17, 15) is 4.79 Å². The Hall–Kier alpha value is -1.16. The zero-order valence-corrected chi connectivity index (χ0v) is 7.17. The number of fused-ring (bicyclic) bond motifs is 1. The number of aromatic nitrogens is 2. The van der Waals surface area contributed by atoms with Gasteiger partial charge in [-0.3, -0.25) is 9.69 Å². The van der Waals surface area contributed by atoms with E-state index in [1.54, 1.807) is 13.2 Å². The first-order chi connectivity index (χ1) is 5.68. The van der Waals surface area contributed by atoms with E-state index < -0.39 is 0 Å². The van der Waals surface area contributed by atoms with Gasteiger partial charge in [0.15, 0.2) is 0 Å². The normalized spacial score (nSPS) is 15.2. The Morgan fingerprint density at radius 3 is 3.17 bits per heavy atom. The first-order valence-corrected chi connectivity index (χ1v) is 3.84. The van der Waals surface area contributed by atoms with Crippen molar-refractivity contribution in [2.24, 2.45) is 0 Å². The van der Waals surface area contributed by atoms with E-state index in [1.165, 1.54) is 4.90 Å². The van der Waals surface area contributed by atoms with Gasteiger partial charge in [-0.2, -0.15) is 4.98 Å². The molecule has 2 heterocycles. The van der Waals surface area contributed by atoms with Crippen LogP contribution in [0.5, 0.6) is 0 Å². The summed E-state index contributed by atoms with van der Waals surface area (Å²) in [7, 11) is 1.68. The third-order valence-corrected chi connectivity index (χ3v) is 2.03. The van der Waals surface area contributed by atoms with Crippen molar-refractivity contribution >= 4 is 23.3 Å². The van der Waals surface area contributed by atoms with Crippen molar-refractivity contribution < 1.29 is 4.79 Å². The molecule has 0 N–H and O–H groups in total. The molecular formula is C7H6ClN3O. The molecule has 0 radical (unpaired) electrons. The van der Waals surface area contributed by atoms with Gasteiger partial charge in [0, 0.05) is 18.8 Å². The maximum atomic E-state index is 11.2. The van der Waals surface area contributed by atoms with Gasteiger partial charge in [0.25, 0.3) is 0 Å². The Morgan fingerprint density at radius 1 is 1.67 bits per heavy atom. The van der Waals surface area contributed by atoms with E-state index in [1.807, 2.05) is 0 Å². The standard InChI is InChI=1S/C7H6ClN3O/c1-11-5(12)2-4-3-9-7(8)10-6(4)11/h3H,2H2,1H3. The van der Waals surface area contributed by atoms with Gasteiger partial charge >= 0.3 is 0 Å². The van der Waals surface area contributed by atoms with Crippen LogP contribution in [-0.2, 0) is 11.2 Å². The van der Waals surface area contributed by atoms with Gasteiger partial charge in [-0.25, -0.2) is 4.98 Å². The highest BCUT2D eigenvalue weighted by Gasteiger charge is 2.25. The lowest BCUT2D eigenvalue weighted by atomic mass is 10.3. The minimum absolute atomic E-state index is 0.0292. The summed E-state index contributed by atoms with van der Waals surface area (Å²) in [4.78, 5) is 20.4. The van der Waals surface area contributed by atoms with Crippen molar-refractivity contribution in [2.75, 3.05) is 11.9 Å². The number of halogens is 1. The molecule has 1 aliphatic rings. The van der Waals surface area contributed by atoms with E-state index in [0.29, 0.717) is 12.2 Å². The molecule has 0 saturated carbocycles. The van der Waals surface area contributed by atoms with Crippen LogP contribution in [0.15, 0.2) is 6.20 Å². The first kappa shape index (κ1) is 7.49. The number of hydrogen-bond donors (Lipinski definition) is 0. The maximum absolute atomic E-state index is 11.2. The molecule has 0 aromatic carbocycles. The van der Waals surface area contributed by atoms with Gasteiger partial charge in [-0.05, 0) is 11.6 Å². The molecule has 0 fully saturated rings. The van der Waals surface area contributed by atoms with Crippen molar-refractivity contribution in [2.45, 2.75) is 6.42 Å². The van der Waals surface area contributed by atoms with Crippen LogP contribution in [0.4, 0.5) is 5.82 Å². The van der Waals surface area contributed by atoms with E-state index in [0.717, 1.165) is 5.56 Å². The number of amides is 1. The number of nitrogens with zero attached hydrogens (tertiary/aromatic N) is 3. The van der Waals surface area contributed by atoms with Crippen molar-refractivity contribution in [3.8, 4) is 0 Å². The second-order valence-electron chi connectivity index (χ2n) is 2.62. The number of rotatable bonds is 0. The summed E-state index contributed by atoms with van der Waals surface area (Å²) in [5.41, 5.74) is 0.840. The van der Waals surface area contributed by atoms with Gasteiger partial charge in [0.2, 0.25) is 11.2 Å². The minimum Gasteiger partial charge on any atom is -0.299 e. The zero-order chi connectivity index (χ0) is 8.72. The highest BCUT2D eigenvalue weighted by atomic mass is 35.5. The van der Waals surface area contributed by atoms with Gasteiger partial charge in [-0.15, -0.1) is 0 Å². The molecule has 0 aliphatic carbocycles. The predicted octanol–water partition coefficient (Wildman–Crippen LogP) is 0.649. The quantitative estimate of drug-likeness (QED) is 0.555. The molecule has 0 atom stereocenters. The minimum atomic E-state index is 0.0292. The molecule has 0 spiro atoms. The summed E-state index contributed by atoms with van der Waals surface area (Å²) in [5.74, 6) is 0.654. The van der Waals surface area contributed by atoms with Crippen LogP contribution in [0.25, 0.3) is 0 Å². The number of hydrogen-bond acceptors (Lipinski definition) is 3. The third-order valence-electron chi connectivity index (χ3n) is 1.85. The SMILES string of the molecule is CN1C(=O)Cc2cnc(Cl)nc21. The second kappa shape index (κ2) is 2.42. The molecule has 0 bridgehead atoms. The maximum Gasteiger partial charge on any atom is 0.232 e. The fourth-order valence-corrected chi connectivity index (χ4v) is 1.32. The van der Waals surface area contributed by atoms with Gasteiger partial charge < -0.3 is 0 Å². The van der Waals surface area contributed by atoms with E-state index in [2.05, 4.69) is 9.97 Å². The van der Waals surface area contributed by atoms with Crippen molar-refractivity contribution in [3.05, 3.63) is 17.0 Å². The van der Waals surface area contributed by atoms with Crippen LogP contribution < -0.4 is 4.90 Å². The molecule has 0 saturated heterocycles. The number of anilines is 1. The highest BCUT2D eigenvalue weighted by molar-refractivity contribution is 6.28. The Bertz CT molecular complexity index is 353. The van der Waals surface area contributed by atoms with Gasteiger partial charge in [0.1, 0.15) is 5.82 Å². The van der Waals surface area contributed by atoms with Crippen LogP contribution in [0.3, 0.4) is 0 Å². The largest absolute Gasteiger partial charge is 0.299 e. The topological polar surface area (TPSA) is 46.1 Å². The van der Waals surface area contributed by atoms with Crippen LogP contribution in [-0.4, -0.2) is 22.9 Å². The van der Waals surface area contributed by atoms with Crippen LogP contribution in [0.2, 0.25) is 5.28 Å². The van der Waals surface area contributed by atoms with Crippen molar-refractivity contribution in [1.29, 1.82) is 0 Å². The lowest BCUT2D eigenvalue weighted by molar-refractivity contribution is -0.117. The molecule has 1 aromatic heterocycles. The molecule has 5 heteroatoms. The Morgan fingerprint density at radius 2 is 2.42 bits per heavy atom. The molecule has 2 rings (SSSR count). The lowest BCUT2D eigenvalue weighted by Gasteiger charge is -2.07. The van der Waals surface area contributed by atoms with Crippen LogP contribution in [0, 0.1) is 0 Å². The summed E-state index contributed by atoms with van der Waals surface area (Å²) < 4.78 is 0. The van der Waals surface area contributed by atoms with E-state index >= 15 is 0 Å². The van der Waals surface area contributed by atoms with Gasteiger partial charge in [0.05, 0.1) is 6.42 Å². The Labute approximate surface area is 74.2 Å². The second-order valence-corrected chi connectivity index (χ2v) is 2.96. The van der Waals surface area contributed by atoms with Gasteiger partial charge in [-0.1, -0.05) is 0 Å². The number of likely N-dealkylation sites (N-methyl/N-ethyl adjacent to an activating group) is 1. The van der Waals surface area contributed by atoms with E-state index in [-0.39, 0.29) is 11.2 Å². The van der Waals surface area contributed by atoms with Crippen LogP contribution in [0.1, 0.15) is 5.56 Å². The summed E-state index contributed by atoms with van der Waals surface area (Å²) >= 11 is 5.58. The average molecular weight is 184 g/mol. The molecule has 62 valence electrons. The summed E-state index contributed by atoms with van der Waals surface area (Å²) in [5, 5.41) is 0.176. The van der Waals surface area contributed by atoms with Crippen LogP contribution >= 0.6 is 11.6 Å². The fourth-order valence-electron chi connectivity index (χ4n) is 1.19. The molecule has 12 heavy (non-hydrogen) atoms. The monoisotopic (exact) mass is 183 g/mol. The summed E-state index contributed by atoms with van der Waals surface area (Å²) in [6, 6.07) is 0. The average Bonchev–Trinajstić information content (AvgIpc) is 2.31. The third kappa shape index (κ3) is 0.956. The van der Waals surface area contributed by atoms with Crippen molar-refractivity contribution in [3.63, 3.8) is 0 Å².